The van der Waals surface area contributed by atoms with E-state index < -0.39 is 0 Å². The van der Waals surface area contributed by atoms with Gasteiger partial charge in [-0.3, -0.25) is 4.79 Å². The average Bonchev–Trinajstić information content (AvgIpc) is 3.32. The predicted molar refractivity (Wildman–Crippen MR) is 82.8 cm³/mol. The second-order valence-electron chi connectivity index (χ2n) is 6.72. The molecule has 2 aliphatic heterocycles. The van der Waals surface area contributed by atoms with Crippen molar-refractivity contribution in [3.05, 3.63) is 29.8 Å². The van der Waals surface area contributed by atoms with Crippen LogP contribution >= 0.6 is 0 Å². The third-order valence-corrected chi connectivity index (χ3v) is 5.05. The standard InChI is InChI=1S/C18H23NO3/c20-18(13-7-9-19(10-8-13)15-5-6-15)21-12-16-11-14-3-1-2-4-17(14)22-16/h1-4,13,15-16H,5-12H2/t16-/m0/s1. The van der Waals surface area contributed by atoms with E-state index in [1.165, 1.54) is 18.4 Å². The Kier molecular flexibility index (Phi) is 3.78. The molecule has 4 rings (SSSR count). The van der Waals surface area contributed by atoms with Gasteiger partial charge in [-0.2, -0.15) is 0 Å². The second kappa shape index (κ2) is 5.92. The first-order chi connectivity index (χ1) is 10.8. The van der Waals surface area contributed by atoms with Crippen molar-refractivity contribution in [2.75, 3.05) is 19.7 Å². The highest BCUT2D eigenvalue weighted by atomic mass is 16.6. The molecule has 22 heavy (non-hydrogen) atoms. The maximum Gasteiger partial charge on any atom is 0.309 e. The number of piperidine rings is 1. The van der Waals surface area contributed by atoms with Gasteiger partial charge in [-0.15, -0.1) is 0 Å². The van der Waals surface area contributed by atoms with Crippen LogP contribution in [0.25, 0.3) is 0 Å². The number of benzene rings is 1. The van der Waals surface area contributed by atoms with Gasteiger partial charge in [-0.1, -0.05) is 18.2 Å². The van der Waals surface area contributed by atoms with Gasteiger partial charge in [0.1, 0.15) is 18.5 Å². The fourth-order valence-corrected chi connectivity index (χ4v) is 3.58. The number of carbonyl (C=O) groups is 1. The van der Waals surface area contributed by atoms with Crippen molar-refractivity contribution in [3.63, 3.8) is 0 Å². The minimum absolute atomic E-state index is 0.0205. The van der Waals surface area contributed by atoms with E-state index in [4.69, 9.17) is 9.47 Å². The lowest BCUT2D eigenvalue weighted by Gasteiger charge is -2.30. The van der Waals surface area contributed by atoms with Crippen molar-refractivity contribution in [2.45, 2.75) is 44.2 Å². The van der Waals surface area contributed by atoms with Crippen molar-refractivity contribution in [1.29, 1.82) is 0 Å². The minimum Gasteiger partial charge on any atom is -0.486 e. The van der Waals surface area contributed by atoms with Crippen LogP contribution in [-0.2, 0) is 16.0 Å². The fourth-order valence-electron chi connectivity index (χ4n) is 3.58. The van der Waals surface area contributed by atoms with Crippen LogP contribution < -0.4 is 4.74 Å². The number of carbonyl (C=O) groups excluding carboxylic acids is 1. The lowest BCUT2D eigenvalue weighted by molar-refractivity contribution is -0.152. The highest BCUT2D eigenvalue weighted by Gasteiger charge is 2.34. The molecule has 0 radical (unpaired) electrons. The molecule has 2 fully saturated rings. The van der Waals surface area contributed by atoms with Crippen molar-refractivity contribution in [1.82, 2.24) is 4.90 Å². The summed E-state index contributed by atoms with van der Waals surface area (Å²) in [6, 6.07) is 8.85. The molecule has 0 amide bonds. The van der Waals surface area contributed by atoms with Gasteiger partial charge in [-0.05, 0) is 50.4 Å². The van der Waals surface area contributed by atoms with Crippen LogP contribution in [0.4, 0.5) is 0 Å². The molecule has 1 saturated heterocycles. The van der Waals surface area contributed by atoms with Gasteiger partial charge in [0.2, 0.25) is 0 Å². The van der Waals surface area contributed by atoms with E-state index in [2.05, 4.69) is 11.0 Å². The molecule has 2 heterocycles. The predicted octanol–water partition coefficient (Wildman–Crippen LogP) is 2.41. The number of hydrogen-bond donors (Lipinski definition) is 0. The fraction of sp³-hybridized carbons (Fsp3) is 0.611. The summed E-state index contributed by atoms with van der Waals surface area (Å²) in [5.74, 6) is 0.982. The summed E-state index contributed by atoms with van der Waals surface area (Å²) in [6.07, 6.45) is 5.39. The topological polar surface area (TPSA) is 38.8 Å². The number of fused-ring (bicyclic) bond motifs is 1. The Morgan fingerprint density at radius 1 is 1.18 bits per heavy atom. The Hall–Kier alpha value is -1.55. The highest BCUT2D eigenvalue weighted by Crippen LogP contribution is 2.31. The zero-order chi connectivity index (χ0) is 14.9. The summed E-state index contributed by atoms with van der Waals surface area (Å²) >= 11 is 0. The summed E-state index contributed by atoms with van der Waals surface area (Å²) in [5, 5.41) is 0. The third-order valence-electron chi connectivity index (χ3n) is 5.05. The Morgan fingerprint density at radius 2 is 1.95 bits per heavy atom. The largest absolute Gasteiger partial charge is 0.486 e. The maximum atomic E-state index is 12.2. The van der Waals surface area contributed by atoms with Crippen LogP contribution in [0.5, 0.6) is 5.75 Å². The summed E-state index contributed by atoms with van der Waals surface area (Å²) in [7, 11) is 0. The monoisotopic (exact) mass is 301 g/mol. The number of likely N-dealkylation sites (tertiary alicyclic amines) is 1. The minimum atomic E-state index is -0.0324. The van der Waals surface area contributed by atoms with E-state index in [-0.39, 0.29) is 18.0 Å². The average molecular weight is 301 g/mol. The number of nitrogens with zero attached hydrogens (tertiary/aromatic N) is 1. The quantitative estimate of drug-likeness (QED) is 0.801. The van der Waals surface area contributed by atoms with Crippen LogP contribution in [0.1, 0.15) is 31.2 Å². The Labute approximate surface area is 131 Å². The van der Waals surface area contributed by atoms with Crippen LogP contribution in [0, 0.1) is 5.92 Å². The Bertz CT molecular complexity index is 522. The number of ether oxygens (including phenoxy) is 2. The van der Waals surface area contributed by atoms with E-state index in [0.717, 1.165) is 44.1 Å². The van der Waals surface area contributed by atoms with Gasteiger partial charge in [0.05, 0.1) is 5.92 Å². The van der Waals surface area contributed by atoms with Gasteiger partial charge >= 0.3 is 5.97 Å². The molecule has 0 unspecified atom stereocenters. The molecule has 3 aliphatic rings. The zero-order valence-electron chi connectivity index (χ0n) is 12.9. The summed E-state index contributed by atoms with van der Waals surface area (Å²) in [4.78, 5) is 14.8. The molecule has 1 aromatic rings. The van der Waals surface area contributed by atoms with E-state index in [1.807, 2.05) is 18.2 Å². The molecule has 0 bridgehead atoms. The maximum absolute atomic E-state index is 12.2. The molecule has 1 aliphatic carbocycles. The van der Waals surface area contributed by atoms with Gasteiger partial charge in [0.25, 0.3) is 0 Å². The SMILES string of the molecule is O=C(OC[C@@H]1Cc2ccccc2O1)C1CCN(C2CC2)CC1. The molecule has 4 heteroatoms. The molecular formula is C18H23NO3. The van der Waals surface area contributed by atoms with E-state index >= 15 is 0 Å². The number of rotatable bonds is 4. The Morgan fingerprint density at radius 3 is 2.68 bits per heavy atom. The summed E-state index contributed by atoms with van der Waals surface area (Å²) in [5.41, 5.74) is 1.21. The first kappa shape index (κ1) is 14.1. The Balaban J connectivity index is 1.22. The molecule has 1 saturated carbocycles. The molecular weight excluding hydrogens is 278 g/mol. The number of esters is 1. The number of para-hydroxylation sites is 1. The van der Waals surface area contributed by atoms with Crippen molar-refractivity contribution in [2.24, 2.45) is 5.92 Å². The van der Waals surface area contributed by atoms with Crippen molar-refractivity contribution >= 4 is 5.97 Å². The molecule has 0 spiro atoms. The molecule has 1 atom stereocenters. The van der Waals surface area contributed by atoms with E-state index in [1.54, 1.807) is 0 Å². The van der Waals surface area contributed by atoms with Gasteiger partial charge in [0.15, 0.2) is 0 Å². The first-order valence-corrected chi connectivity index (χ1v) is 8.45. The van der Waals surface area contributed by atoms with Crippen LogP contribution in [0.2, 0.25) is 0 Å². The summed E-state index contributed by atoms with van der Waals surface area (Å²) in [6.45, 7) is 2.47. The molecule has 0 N–H and O–H groups in total. The lowest BCUT2D eigenvalue weighted by atomic mass is 9.97. The van der Waals surface area contributed by atoms with Gasteiger partial charge in [0, 0.05) is 12.5 Å². The first-order valence-electron chi connectivity index (χ1n) is 8.45. The highest BCUT2D eigenvalue weighted by molar-refractivity contribution is 5.72. The van der Waals surface area contributed by atoms with Gasteiger partial charge in [-0.25, -0.2) is 0 Å². The second-order valence-corrected chi connectivity index (χ2v) is 6.72. The zero-order valence-corrected chi connectivity index (χ0v) is 12.9. The van der Waals surface area contributed by atoms with Crippen molar-refractivity contribution < 1.29 is 14.3 Å². The summed E-state index contributed by atoms with van der Waals surface area (Å²) < 4.78 is 11.3. The van der Waals surface area contributed by atoms with Gasteiger partial charge < -0.3 is 14.4 Å². The third kappa shape index (κ3) is 2.98. The lowest BCUT2D eigenvalue weighted by Crippen LogP contribution is -2.38. The number of hydrogen-bond acceptors (Lipinski definition) is 4. The van der Waals surface area contributed by atoms with E-state index in [9.17, 15) is 4.79 Å². The molecule has 0 aromatic heterocycles. The molecule has 4 nitrogen and oxygen atoms in total. The van der Waals surface area contributed by atoms with Crippen LogP contribution in [0.3, 0.4) is 0 Å². The smallest absolute Gasteiger partial charge is 0.309 e. The molecule has 1 aromatic carbocycles. The van der Waals surface area contributed by atoms with Crippen molar-refractivity contribution in [3.8, 4) is 5.75 Å². The van der Waals surface area contributed by atoms with E-state index in [0.29, 0.717) is 6.61 Å². The van der Waals surface area contributed by atoms with Crippen LogP contribution in [0.15, 0.2) is 24.3 Å². The molecule has 118 valence electrons. The normalized spacial score (nSPS) is 25.5. The van der Waals surface area contributed by atoms with Crippen LogP contribution in [-0.4, -0.2) is 42.7 Å².